The van der Waals surface area contributed by atoms with Gasteiger partial charge in [-0.3, -0.25) is 4.79 Å². The zero-order valence-electron chi connectivity index (χ0n) is 9.69. The average molecular weight is 229 g/mol. The van der Waals surface area contributed by atoms with Crippen molar-refractivity contribution in [2.45, 2.75) is 32.8 Å². The highest BCUT2D eigenvalue weighted by atomic mass is 16.5. The molecule has 6 nitrogen and oxygen atoms in total. The van der Waals surface area contributed by atoms with Crippen molar-refractivity contribution in [3.8, 4) is 0 Å². The second-order valence-corrected chi connectivity index (χ2v) is 4.24. The van der Waals surface area contributed by atoms with Crippen molar-refractivity contribution in [3.05, 3.63) is 0 Å². The van der Waals surface area contributed by atoms with Crippen LogP contribution < -0.4 is 11.1 Å². The number of carbonyl (C=O) groups excluding carboxylic acids is 1. The van der Waals surface area contributed by atoms with E-state index in [0.29, 0.717) is 26.0 Å². The van der Waals surface area contributed by atoms with Gasteiger partial charge >= 0.3 is 0 Å². The summed E-state index contributed by atoms with van der Waals surface area (Å²) in [4.78, 5) is 11.7. The number of rotatable bonds is 6. The van der Waals surface area contributed by atoms with Gasteiger partial charge in [-0.1, -0.05) is 5.16 Å². The fourth-order valence-electron chi connectivity index (χ4n) is 1.45. The number of ether oxygens (including phenoxy) is 1. The monoisotopic (exact) mass is 229 g/mol. The maximum Gasteiger partial charge on any atom is 0.234 e. The van der Waals surface area contributed by atoms with E-state index in [2.05, 4.69) is 10.5 Å². The van der Waals surface area contributed by atoms with Gasteiger partial charge in [-0.25, -0.2) is 0 Å². The number of amidine groups is 1. The average Bonchev–Trinajstić information content (AvgIpc) is 3.03. The van der Waals surface area contributed by atoms with Crippen LogP contribution in [-0.2, 0) is 9.53 Å². The molecule has 0 radical (unpaired) electrons. The number of nitrogens with one attached hydrogen (secondary N) is 1. The van der Waals surface area contributed by atoms with Gasteiger partial charge in [0.1, 0.15) is 5.41 Å². The van der Waals surface area contributed by atoms with Crippen molar-refractivity contribution in [2.75, 3.05) is 13.2 Å². The highest BCUT2D eigenvalue weighted by Crippen LogP contribution is 2.45. The lowest BCUT2D eigenvalue weighted by molar-refractivity contribution is -0.124. The largest absolute Gasteiger partial charge is 0.409 e. The van der Waals surface area contributed by atoms with Gasteiger partial charge in [0.05, 0.1) is 12.7 Å². The van der Waals surface area contributed by atoms with Gasteiger partial charge in [0, 0.05) is 6.54 Å². The Morgan fingerprint density at radius 1 is 1.62 bits per heavy atom. The summed E-state index contributed by atoms with van der Waals surface area (Å²) in [6, 6.07) is 0. The minimum atomic E-state index is -0.771. The normalized spacial score (nSPS) is 18.6. The maximum atomic E-state index is 11.7. The Hall–Kier alpha value is -1.30. The van der Waals surface area contributed by atoms with Crippen LogP contribution in [0.2, 0.25) is 0 Å². The number of amides is 1. The van der Waals surface area contributed by atoms with E-state index in [-0.39, 0.29) is 17.8 Å². The molecule has 0 atom stereocenters. The van der Waals surface area contributed by atoms with Crippen molar-refractivity contribution in [3.63, 3.8) is 0 Å². The van der Waals surface area contributed by atoms with E-state index in [4.69, 9.17) is 15.7 Å². The fraction of sp³-hybridized carbons (Fsp3) is 0.800. The molecular formula is C10H19N3O3. The predicted molar refractivity (Wildman–Crippen MR) is 59.2 cm³/mol. The Morgan fingerprint density at radius 3 is 2.69 bits per heavy atom. The van der Waals surface area contributed by atoms with Crippen molar-refractivity contribution in [1.29, 1.82) is 0 Å². The molecule has 0 aromatic heterocycles. The first-order valence-electron chi connectivity index (χ1n) is 5.41. The third-order valence-corrected chi connectivity index (χ3v) is 2.62. The third-order valence-electron chi connectivity index (χ3n) is 2.62. The van der Waals surface area contributed by atoms with Crippen LogP contribution in [0.5, 0.6) is 0 Å². The summed E-state index contributed by atoms with van der Waals surface area (Å²) < 4.78 is 5.29. The van der Waals surface area contributed by atoms with E-state index in [9.17, 15) is 4.79 Å². The molecular weight excluding hydrogens is 210 g/mol. The summed E-state index contributed by atoms with van der Waals surface area (Å²) in [6.45, 7) is 4.77. The van der Waals surface area contributed by atoms with Gasteiger partial charge in [0.2, 0.25) is 5.91 Å². The van der Waals surface area contributed by atoms with E-state index >= 15 is 0 Å². The van der Waals surface area contributed by atoms with Crippen molar-refractivity contribution in [1.82, 2.24) is 5.32 Å². The minimum Gasteiger partial charge on any atom is -0.409 e. The van der Waals surface area contributed by atoms with E-state index in [1.165, 1.54) is 0 Å². The van der Waals surface area contributed by atoms with E-state index in [1.807, 2.05) is 13.8 Å². The number of hydrogen-bond acceptors (Lipinski definition) is 4. The van der Waals surface area contributed by atoms with Crippen LogP contribution in [0.4, 0.5) is 0 Å². The highest BCUT2D eigenvalue weighted by molar-refractivity contribution is 6.09. The molecule has 6 heteroatoms. The molecule has 0 unspecified atom stereocenters. The number of oxime groups is 1. The van der Waals surface area contributed by atoms with Gasteiger partial charge in [0.15, 0.2) is 5.84 Å². The highest BCUT2D eigenvalue weighted by Gasteiger charge is 2.54. The molecule has 1 fully saturated rings. The quantitative estimate of drug-likeness (QED) is 0.197. The van der Waals surface area contributed by atoms with Gasteiger partial charge in [0.25, 0.3) is 0 Å². The SMILES string of the molecule is CC(C)OCCNC(=O)C1(C(N)=NO)CC1. The molecule has 1 aliphatic rings. The molecule has 0 aromatic carbocycles. The van der Waals surface area contributed by atoms with Crippen LogP contribution in [0, 0.1) is 5.41 Å². The first-order valence-corrected chi connectivity index (χ1v) is 5.41. The van der Waals surface area contributed by atoms with Crippen LogP contribution in [0.3, 0.4) is 0 Å². The minimum absolute atomic E-state index is 0.00484. The van der Waals surface area contributed by atoms with E-state index < -0.39 is 5.41 Å². The topological polar surface area (TPSA) is 96.9 Å². The van der Waals surface area contributed by atoms with Crippen LogP contribution in [0.25, 0.3) is 0 Å². The van der Waals surface area contributed by atoms with Crippen molar-refractivity contribution in [2.24, 2.45) is 16.3 Å². The van der Waals surface area contributed by atoms with Crippen LogP contribution in [-0.4, -0.2) is 36.2 Å². The van der Waals surface area contributed by atoms with Crippen LogP contribution >= 0.6 is 0 Å². The van der Waals surface area contributed by atoms with Gasteiger partial charge in [-0.2, -0.15) is 0 Å². The number of hydrogen-bond donors (Lipinski definition) is 3. The summed E-state index contributed by atoms with van der Waals surface area (Å²) in [6.07, 6.45) is 1.43. The number of carbonyl (C=O) groups is 1. The molecule has 0 aromatic rings. The Bertz CT molecular complexity index is 285. The zero-order valence-corrected chi connectivity index (χ0v) is 9.69. The molecule has 0 spiro atoms. The first-order chi connectivity index (χ1) is 7.53. The molecule has 1 amide bonds. The molecule has 4 N–H and O–H groups in total. The standard InChI is InChI=1S/C10H19N3O3/c1-7(2)16-6-5-12-9(14)10(3-4-10)8(11)13-15/h7,15H,3-6H2,1-2H3,(H2,11,13)(H,12,14). The van der Waals surface area contributed by atoms with E-state index in [1.54, 1.807) is 0 Å². The summed E-state index contributed by atoms with van der Waals surface area (Å²) in [5.74, 6) is -0.190. The first kappa shape index (κ1) is 12.8. The second-order valence-electron chi connectivity index (χ2n) is 4.24. The predicted octanol–water partition coefficient (Wildman–Crippen LogP) is 0.0542. The van der Waals surface area contributed by atoms with E-state index in [0.717, 1.165) is 0 Å². The Kier molecular flexibility index (Phi) is 4.12. The smallest absolute Gasteiger partial charge is 0.234 e. The van der Waals surface area contributed by atoms with Gasteiger partial charge in [-0.15, -0.1) is 0 Å². The van der Waals surface area contributed by atoms with Gasteiger partial charge in [-0.05, 0) is 26.7 Å². The molecule has 92 valence electrons. The Morgan fingerprint density at radius 2 is 2.25 bits per heavy atom. The molecule has 1 aliphatic carbocycles. The number of nitrogens with two attached hydrogens (primary N) is 1. The molecule has 0 aliphatic heterocycles. The van der Waals surface area contributed by atoms with Gasteiger partial charge < -0.3 is 21.0 Å². The zero-order chi connectivity index (χ0) is 12.2. The summed E-state index contributed by atoms with van der Waals surface area (Å²) >= 11 is 0. The summed E-state index contributed by atoms with van der Waals surface area (Å²) in [7, 11) is 0. The Balaban J connectivity index is 2.31. The lowest BCUT2D eigenvalue weighted by Crippen LogP contribution is -2.41. The molecule has 0 saturated heterocycles. The number of nitrogens with zero attached hydrogens (tertiary/aromatic N) is 1. The lowest BCUT2D eigenvalue weighted by Gasteiger charge is -2.14. The van der Waals surface area contributed by atoms with Crippen LogP contribution in [0.15, 0.2) is 5.16 Å². The molecule has 0 bridgehead atoms. The molecule has 1 saturated carbocycles. The van der Waals surface area contributed by atoms with Crippen LogP contribution in [0.1, 0.15) is 26.7 Å². The second kappa shape index (κ2) is 5.16. The molecule has 0 heterocycles. The summed E-state index contributed by atoms with van der Waals surface area (Å²) in [5, 5.41) is 14.2. The van der Waals surface area contributed by atoms with Crippen molar-refractivity contribution >= 4 is 11.7 Å². The summed E-state index contributed by atoms with van der Waals surface area (Å²) in [5.41, 5.74) is 4.70. The lowest BCUT2D eigenvalue weighted by atomic mass is 10.1. The third kappa shape index (κ3) is 2.85. The Labute approximate surface area is 94.8 Å². The maximum absolute atomic E-state index is 11.7. The van der Waals surface area contributed by atoms with Crippen molar-refractivity contribution < 1.29 is 14.7 Å². The fourth-order valence-corrected chi connectivity index (χ4v) is 1.45. The molecule has 1 rings (SSSR count). The molecule has 16 heavy (non-hydrogen) atoms.